The van der Waals surface area contributed by atoms with Gasteiger partial charge < -0.3 is 9.53 Å². The monoisotopic (exact) mass is 397 g/mol. The smallest absolute Gasteiger partial charge is 0.337 e. The largest absolute Gasteiger partial charge is 0.463 e. The number of nitro groups is 1. The zero-order valence-corrected chi connectivity index (χ0v) is 15.2. The third-order valence-corrected chi connectivity index (χ3v) is 4.27. The number of nitrogens with zero attached hydrogens (tertiary/aromatic N) is 1. The van der Waals surface area contributed by atoms with Gasteiger partial charge in [0.15, 0.2) is 0 Å². The topological polar surface area (TPSA) is 86.5 Å². The third-order valence-electron chi connectivity index (χ3n) is 3.55. The maximum atomic E-state index is 11.7. The summed E-state index contributed by atoms with van der Waals surface area (Å²) in [5.41, 5.74) is 0.251. The number of hydrogen-bond acceptors (Lipinski definition) is 5. The Morgan fingerprint density at radius 3 is 2.54 bits per heavy atom. The summed E-state index contributed by atoms with van der Waals surface area (Å²) >= 11 is 3.38. The van der Waals surface area contributed by atoms with Crippen molar-refractivity contribution >= 4 is 28.2 Å². The van der Waals surface area contributed by atoms with Gasteiger partial charge in [-0.1, -0.05) is 47.5 Å². The van der Waals surface area contributed by atoms with Crippen LogP contribution < -0.4 is 0 Å². The summed E-state index contributed by atoms with van der Waals surface area (Å²) in [6.45, 7) is 3.63. The molecule has 0 aromatic heterocycles. The summed E-state index contributed by atoms with van der Waals surface area (Å²) in [7, 11) is 0. The van der Waals surface area contributed by atoms with Crippen LogP contribution in [0.1, 0.15) is 38.2 Å². The Kier molecular flexibility index (Phi) is 8.32. The quantitative estimate of drug-likeness (QED) is 0.207. The fourth-order valence-electron chi connectivity index (χ4n) is 2.54. The molecule has 0 aliphatic carbocycles. The summed E-state index contributed by atoms with van der Waals surface area (Å²) < 4.78 is 5.44. The molecule has 1 aromatic carbocycles. The van der Waals surface area contributed by atoms with E-state index in [4.69, 9.17) is 4.74 Å². The summed E-state index contributed by atoms with van der Waals surface area (Å²) in [6.07, 6.45) is 2.76. The van der Waals surface area contributed by atoms with Crippen molar-refractivity contribution in [3.63, 3.8) is 0 Å². The van der Waals surface area contributed by atoms with Gasteiger partial charge in [0.1, 0.15) is 6.29 Å². The Hall–Kier alpha value is -2.02. The number of esters is 1. The van der Waals surface area contributed by atoms with Crippen LogP contribution in [0.25, 0.3) is 0 Å². The second kappa shape index (κ2) is 9.97. The van der Waals surface area contributed by atoms with E-state index in [0.717, 1.165) is 12.4 Å². The fourth-order valence-corrected chi connectivity index (χ4v) is 3.08. The molecule has 0 spiro atoms. The molecule has 0 fully saturated rings. The van der Waals surface area contributed by atoms with Crippen LogP contribution in [0.15, 0.2) is 40.5 Å². The Morgan fingerprint density at radius 2 is 2.04 bits per heavy atom. The van der Waals surface area contributed by atoms with Crippen LogP contribution in [0.5, 0.6) is 0 Å². The normalized spacial score (nSPS) is 13.9. The molecule has 0 saturated heterocycles. The van der Waals surface area contributed by atoms with Crippen LogP contribution >= 0.6 is 15.9 Å². The highest BCUT2D eigenvalue weighted by molar-refractivity contribution is 9.10. The molecule has 1 rings (SSSR count). The van der Waals surface area contributed by atoms with E-state index in [-0.39, 0.29) is 12.3 Å². The predicted molar refractivity (Wildman–Crippen MR) is 93.1 cm³/mol. The van der Waals surface area contributed by atoms with Crippen LogP contribution in [0.2, 0.25) is 0 Å². The van der Waals surface area contributed by atoms with E-state index < -0.39 is 22.7 Å². The van der Waals surface area contributed by atoms with Crippen molar-refractivity contribution in [2.75, 3.05) is 6.61 Å². The fraction of sp³-hybridized carbons (Fsp3) is 0.412. The molecule has 1 aromatic rings. The maximum absolute atomic E-state index is 11.7. The molecule has 130 valence electrons. The molecule has 24 heavy (non-hydrogen) atoms. The average Bonchev–Trinajstić information content (AvgIpc) is 2.54. The van der Waals surface area contributed by atoms with E-state index in [2.05, 4.69) is 15.9 Å². The first-order valence-corrected chi connectivity index (χ1v) is 8.47. The van der Waals surface area contributed by atoms with Crippen molar-refractivity contribution in [1.82, 2.24) is 0 Å². The first-order valence-electron chi connectivity index (χ1n) is 7.68. The SMILES string of the molecule is CCC[C@@H](C=O)[C@H](/C(=C/C(=O)OCC)[N+](=O)[O-])c1ccccc1Br. The minimum Gasteiger partial charge on any atom is -0.463 e. The second-order valence-corrected chi connectivity index (χ2v) is 6.02. The Balaban J connectivity index is 3.48. The van der Waals surface area contributed by atoms with Gasteiger partial charge in [-0.05, 0) is 25.0 Å². The van der Waals surface area contributed by atoms with Gasteiger partial charge in [0.2, 0.25) is 0 Å². The van der Waals surface area contributed by atoms with Gasteiger partial charge in [-0.3, -0.25) is 10.1 Å². The third kappa shape index (κ3) is 5.26. The molecule has 0 heterocycles. The minimum absolute atomic E-state index is 0.117. The lowest BCUT2D eigenvalue weighted by atomic mass is 9.81. The van der Waals surface area contributed by atoms with Crippen LogP contribution in [0.3, 0.4) is 0 Å². The summed E-state index contributed by atoms with van der Waals surface area (Å²) in [5, 5.41) is 11.6. The lowest BCUT2D eigenvalue weighted by Crippen LogP contribution is -2.22. The second-order valence-electron chi connectivity index (χ2n) is 5.17. The van der Waals surface area contributed by atoms with Gasteiger partial charge in [0, 0.05) is 10.4 Å². The Morgan fingerprint density at radius 1 is 1.38 bits per heavy atom. The van der Waals surface area contributed by atoms with Crippen LogP contribution in [-0.2, 0) is 14.3 Å². The summed E-state index contributed by atoms with van der Waals surface area (Å²) in [4.78, 5) is 34.3. The number of carbonyl (C=O) groups excluding carboxylic acids is 2. The number of rotatable bonds is 9. The molecule has 0 saturated carbocycles. The van der Waals surface area contributed by atoms with Gasteiger partial charge in [-0.15, -0.1) is 0 Å². The highest BCUT2D eigenvalue weighted by Gasteiger charge is 2.35. The molecule has 6 nitrogen and oxygen atoms in total. The van der Waals surface area contributed by atoms with Crippen LogP contribution in [0.4, 0.5) is 0 Å². The van der Waals surface area contributed by atoms with E-state index in [1.165, 1.54) is 0 Å². The van der Waals surface area contributed by atoms with Gasteiger partial charge in [-0.2, -0.15) is 0 Å². The van der Waals surface area contributed by atoms with E-state index in [9.17, 15) is 19.7 Å². The van der Waals surface area contributed by atoms with Crippen molar-refractivity contribution < 1.29 is 19.2 Å². The zero-order valence-electron chi connectivity index (χ0n) is 13.6. The Labute approximate surface area is 149 Å². The van der Waals surface area contributed by atoms with Crippen molar-refractivity contribution in [3.05, 3.63) is 56.2 Å². The standard InChI is InChI=1S/C17H20BrNO5/c1-3-7-12(11-20)17(13-8-5-6-9-14(13)18)15(19(22)23)10-16(21)24-4-2/h5-6,8-12,17H,3-4,7H2,1-2H3/b15-10-/t12-,17-/m0/s1. The number of carbonyl (C=O) groups is 2. The van der Waals surface area contributed by atoms with E-state index >= 15 is 0 Å². The number of hydrogen-bond donors (Lipinski definition) is 0. The van der Waals surface area contributed by atoms with Crippen molar-refractivity contribution in [3.8, 4) is 0 Å². The van der Waals surface area contributed by atoms with E-state index in [1.54, 1.807) is 31.2 Å². The Bertz CT molecular complexity index is 629. The molecule has 0 aliphatic rings. The average molecular weight is 398 g/mol. The summed E-state index contributed by atoms with van der Waals surface area (Å²) in [5.74, 6) is -2.24. The molecule has 2 atom stereocenters. The molecule has 7 heteroatoms. The molecular weight excluding hydrogens is 378 g/mol. The van der Waals surface area contributed by atoms with Crippen LogP contribution in [0, 0.1) is 16.0 Å². The highest BCUT2D eigenvalue weighted by atomic mass is 79.9. The highest BCUT2D eigenvalue weighted by Crippen LogP contribution is 2.37. The van der Waals surface area contributed by atoms with Crippen molar-refractivity contribution in [2.24, 2.45) is 5.92 Å². The van der Waals surface area contributed by atoms with E-state index in [1.807, 2.05) is 6.92 Å². The zero-order chi connectivity index (χ0) is 18.1. The lowest BCUT2D eigenvalue weighted by molar-refractivity contribution is -0.431. The molecule has 0 radical (unpaired) electrons. The van der Waals surface area contributed by atoms with Gasteiger partial charge >= 0.3 is 5.97 Å². The number of allylic oxidation sites excluding steroid dienone is 1. The van der Waals surface area contributed by atoms with Crippen molar-refractivity contribution in [2.45, 2.75) is 32.6 Å². The predicted octanol–water partition coefficient (Wildman–Crippen LogP) is 3.87. The minimum atomic E-state index is -0.836. The lowest BCUT2D eigenvalue weighted by Gasteiger charge is -2.22. The first-order chi connectivity index (χ1) is 11.5. The molecule has 0 bridgehead atoms. The summed E-state index contributed by atoms with van der Waals surface area (Å²) in [6, 6.07) is 6.98. The number of halogens is 1. The van der Waals surface area contributed by atoms with E-state index in [0.29, 0.717) is 22.9 Å². The van der Waals surface area contributed by atoms with Crippen molar-refractivity contribution in [1.29, 1.82) is 0 Å². The van der Waals surface area contributed by atoms with Gasteiger partial charge in [0.05, 0.1) is 23.5 Å². The van der Waals surface area contributed by atoms with Gasteiger partial charge in [-0.25, -0.2) is 4.79 Å². The maximum Gasteiger partial charge on any atom is 0.337 e. The number of ether oxygens (including phenoxy) is 1. The van der Waals surface area contributed by atoms with Gasteiger partial charge in [0.25, 0.3) is 5.70 Å². The molecule has 0 N–H and O–H groups in total. The molecule has 0 aliphatic heterocycles. The first kappa shape index (κ1) is 20.0. The molecule has 0 amide bonds. The number of aldehydes is 1. The molecular formula is C17H20BrNO5. The van der Waals surface area contributed by atoms with Crippen LogP contribution in [-0.4, -0.2) is 23.8 Å². The number of benzene rings is 1. The molecule has 0 unspecified atom stereocenters.